The SMILES string of the molecule is O=C(CSc1n[nH]c(NN=C2CCCC2)n1)Nc1ccccc1Br. The Morgan fingerprint density at radius 2 is 2.12 bits per heavy atom. The molecule has 126 valence electrons. The van der Waals surface area contributed by atoms with E-state index in [0.29, 0.717) is 11.1 Å². The van der Waals surface area contributed by atoms with Gasteiger partial charge < -0.3 is 5.32 Å². The predicted molar refractivity (Wildman–Crippen MR) is 99.4 cm³/mol. The summed E-state index contributed by atoms with van der Waals surface area (Å²) >= 11 is 4.66. The zero-order chi connectivity index (χ0) is 16.8. The van der Waals surface area contributed by atoms with Crippen LogP contribution in [0.4, 0.5) is 11.6 Å². The molecule has 0 saturated heterocycles. The first-order valence-electron chi connectivity index (χ1n) is 7.62. The third-order valence-electron chi connectivity index (χ3n) is 3.45. The van der Waals surface area contributed by atoms with Gasteiger partial charge in [0.2, 0.25) is 17.0 Å². The van der Waals surface area contributed by atoms with Crippen LogP contribution in [0.15, 0.2) is 39.0 Å². The number of amides is 1. The molecule has 9 heteroatoms. The maximum Gasteiger partial charge on any atom is 0.240 e. The average Bonchev–Trinajstić information content (AvgIpc) is 3.25. The van der Waals surface area contributed by atoms with Gasteiger partial charge in [0.25, 0.3) is 0 Å². The van der Waals surface area contributed by atoms with Crippen LogP contribution in [0, 0.1) is 0 Å². The van der Waals surface area contributed by atoms with Crippen LogP contribution in [0.3, 0.4) is 0 Å². The number of anilines is 2. The van der Waals surface area contributed by atoms with Crippen LogP contribution in [-0.4, -0.2) is 32.6 Å². The highest BCUT2D eigenvalue weighted by Crippen LogP contribution is 2.22. The monoisotopic (exact) mass is 408 g/mol. The van der Waals surface area contributed by atoms with Crippen molar-refractivity contribution in [1.29, 1.82) is 0 Å². The van der Waals surface area contributed by atoms with Gasteiger partial charge in [-0.1, -0.05) is 23.9 Å². The minimum atomic E-state index is -0.114. The summed E-state index contributed by atoms with van der Waals surface area (Å²) in [6.45, 7) is 0. The number of rotatable bonds is 6. The first-order valence-corrected chi connectivity index (χ1v) is 9.39. The molecular formula is C15H17BrN6OS. The highest BCUT2D eigenvalue weighted by molar-refractivity contribution is 9.10. The van der Waals surface area contributed by atoms with Gasteiger partial charge in [0.1, 0.15) is 0 Å². The van der Waals surface area contributed by atoms with Crippen molar-refractivity contribution in [3.8, 4) is 0 Å². The van der Waals surface area contributed by atoms with Crippen LogP contribution in [0.2, 0.25) is 0 Å². The van der Waals surface area contributed by atoms with Gasteiger partial charge in [-0.2, -0.15) is 10.1 Å². The van der Waals surface area contributed by atoms with Gasteiger partial charge in [0, 0.05) is 10.2 Å². The fraction of sp³-hybridized carbons (Fsp3) is 0.333. The van der Waals surface area contributed by atoms with E-state index in [4.69, 9.17) is 0 Å². The summed E-state index contributed by atoms with van der Waals surface area (Å²) in [6.07, 6.45) is 4.48. The number of nitrogens with one attached hydrogen (secondary N) is 3. The van der Waals surface area contributed by atoms with Crippen molar-refractivity contribution in [2.45, 2.75) is 30.8 Å². The number of carbonyl (C=O) groups excluding carboxylic acids is 1. The molecule has 1 heterocycles. The zero-order valence-electron chi connectivity index (χ0n) is 12.9. The Morgan fingerprint density at radius 1 is 1.33 bits per heavy atom. The van der Waals surface area contributed by atoms with Gasteiger partial charge in [-0.15, -0.1) is 5.10 Å². The number of aromatic nitrogens is 3. The summed E-state index contributed by atoms with van der Waals surface area (Å²) in [4.78, 5) is 16.2. The Hall–Kier alpha value is -1.87. The number of benzene rings is 1. The number of halogens is 1. The summed E-state index contributed by atoms with van der Waals surface area (Å²) in [5.41, 5.74) is 4.78. The summed E-state index contributed by atoms with van der Waals surface area (Å²) in [5, 5.41) is 14.5. The van der Waals surface area contributed by atoms with Crippen LogP contribution < -0.4 is 10.7 Å². The number of thioether (sulfide) groups is 1. The van der Waals surface area contributed by atoms with E-state index in [2.05, 4.69) is 47.0 Å². The maximum absolute atomic E-state index is 12.0. The molecule has 0 aliphatic heterocycles. The lowest BCUT2D eigenvalue weighted by atomic mass is 10.3. The minimum absolute atomic E-state index is 0.114. The van der Waals surface area contributed by atoms with E-state index >= 15 is 0 Å². The number of para-hydroxylation sites is 1. The highest BCUT2D eigenvalue weighted by Gasteiger charge is 2.10. The van der Waals surface area contributed by atoms with Crippen molar-refractivity contribution >= 4 is 50.9 Å². The third kappa shape index (κ3) is 4.81. The Balaban J connectivity index is 1.47. The van der Waals surface area contributed by atoms with Crippen molar-refractivity contribution < 1.29 is 4.79 Å². The molecule has 1 aliphatic carbocycles. The van der Waals surface area contributed by atoms with Gasteiger partial charge in [0.05, 0.1) is 11.4 Å². The first kappa shape index (κ1) is 17.0. The topological polar surface area (TPSA) is 95.1 Å². The summed E-state index contributed by atoms with van der Waals surface area (Å²) in [6, 6.07) is 7.48. The van der Waals surface area contributed by atoms with Crippen LogP contribution in [0.1, 0.15) is 25.7 Å². The number of hydrogen-bond donors (Lipinski definition) is 3. The molecule has 0 radical (unpaired) electrons. The van der Waals surface area contributed by atoms with Gasteiger partial charge in [-0.3, -0.25) is 4.79 Å². The summed E-state index contributed by atoms with van der Waals surface area (Å²) in [7, 11) is 0. The lowest BCUT2D eigenvalue weighted by Crippen LogP contribution is -2.14. The number of H-pyrrole nitrogens is 1. The smallest absolute Gasteiger partial charge is 0.240 e. The Labute approximate surface area is 152 Å². The van der Waals surface area contributed by atoms with E-state index in [1.54, 1.807) is 0 Å². The average molecular weight is 409 g/mol. The number of aromatic amines is 1. The molecule has 3 rings (SSSR count). The quantitative estimate of drug-likeness (QED) is 0.500. The molecule has 1 aromatic carbocycles. The standard InChI is InChI=1S/C15H17BrN6OS/c16-11-7-3-4-8-12(11)17-13(23)9-24-15-18-14(21-22-15)20-19-10-5-1-2-6-10/h3-4,7-8H,1-2,5-6,9H2,(H,17,23)(H2,18,20,21,22). The second-order valence-electron chi connectivity index (χ2n) is 5.28. The fourth-order valence-electron chi connectivity index (χ4n) is 2.27. The molecule has 0 unspecified atom stereocenters. The summed E-state index contributed by atoms with van der Waals surface area (Å²) < 4.78 is 0.846. The molecule has 1 aromatic heterocycles. The Kier molecular flexibility index (Phi) is 5.86. The number of carbonyl (C=O) groups is 1. The largest absolute Gasteiger partial charge is 0.324 e. The fourth-order valence-corrected chi connectivity index (χ4v) is 3.25. The van der Waals surface area contributed by atoms with Gasteiger partial charge in [-0.05, 0) is 53.7 Å². The molecule has 24 heavy (non-hydrogen) atoms. The molecule has 0 spiro atoms. The van der Waals surface area contributed by atoms with Crippen molar-refractivity contribution in [2.24, 2.45) is 5.10 Å². The van der Waals surface area contributed by atoms with E-state index in [1.807, 2.05) is 24.3 Å². The van der Waals surface area contributed by atoms with Crippen LogP contribution in [0.25, 0.3) is 0 Å². The molecule has 1 aliphatic rings. The molecule has 3 N–H and O–H groups in total. The molecule has 2 aromatic rings. The Bertz CT molecular complexity index is 739. The molecule has 1 saturated carbocycles. The maximum atomic E-state index is 12.0. The normalized spacial score (nSPS) is 13.8. The molecule has 0 bridgehead atoms. The van der Waals surface area contributed by atoms with E-state index < -0.39 is 0 Å². The van der Waals surface area contributed by atoms with Crippen LogP contribution in [0.5, 0.6) is 0 Å². The van der Waals surface area contributed by atoms with Gasteiger partial charge in [-0.25, -0.2) is 10.5 Å². The van der Waals surface area contributed by atoms with Crippen molar-refractivity contribution in [3.05, 3.63) is 28.7 Å². The van der Waals surface area contributed by atoms with Crippen molar-refractivity contribution in [2.75, 3.05) is 16.5 Å². The van der Waals surface area contributed by atoms with E-state index in [1.165, 1.54) is 24.6 Å². The zero-order valence-corrected chi connectivity index (χ0v) is 15.3. The molecular weight excluding hydrogens is 392 g/mol. The van der Waals surface area contributed by atoms with Crippen LogP contribution >= 0.6 is 27.7 Å². The van der Waals surface area contributed by atoms with Gasteiger partial charge in [0.15, 0.2) is 0 Å². The lowest BCUT2D eigenvalue weighted by Gasteiger charge is -2.05. The number of hydrogen-bond acceptors (Lipinski definition) is 6. The lowest BCUT2D eigenvalue weighted by molar-refractivity contribution is -0.113. The molecule has 1 amide bonds. The van der Waals surface area contributed by atoms with Gasteiger partial charge >= 0.3 is 0 Å². The van der Waals surface area contributed by atoms with E-state index in [0.717, 1.165) is 28.7 Å². The Morgan fingerprint density at radius 3 is 2.92 bits per heavy atom. The van der Waals surface area contributed by atoms with Crippen molar-refractivity contribution in [1.82, 2.24) is 15.2 Å². The number of hydrazone groups is 1. The summed E-state index contributed by atoms with van der Waals surface area (Å²) in [5.74, 6) is 0.605. The second kappa shape index (κ2) is 8.29. The van der Waals surface area contributed by atoms with E-state index in [9.17, 15) is 4.79 Å². The minimum Gasteiger partial charge on any atom is -0.324 e. The second-order valence-corrected chi connectivity index (χ2v) is 7.08. The number of nitrogens with zero attached hydrogens (tertiary/aromatic N) is 3. The molecule has 7 nitrogen and oxygen atoms in total. The highest BCUT2D eigenvalue weighted by atomic mass is 79.9. The first-order chi connectivity index (χ1) is 11.7. The molecule has 0 atom stereocenters. The predicted octanol–water partition coefficient (Wildman–Crippen LogP) is 3.64. The van der Waals surface area contributed by atoms with Crippen LogP contribution in [-0.2, 0) is 4.79 Å². The van der Waals surface area contributed by atoms with Crippen molar-refractivity contribution in [3.63, 3.8) is 0 Å². The third-order valence-corrected chi connectivity index (χ3v) is 4.98. The molecule has 1 fully saturated rings. The van der Waals surface area contributed by atoms with E-state index in [-0.39, 0.29) is 11.7 Å².